The van der Waals surface area contributed by atoms with Gasteiger partial charge in [0.15, 0.2) is 11.5 Å². The molecule has 1 atom stereocenters. The Morgan fingerprint density at radius 3 is 2.82 bits per heavy atom. The molecule has 0 radical (unpaired) electrons. The van der Waals surface area contributed by atoms with Crippen LogP contribution in [-0.4, -0.2) is 39.3 Å². The van der Waals surface area contributed by atoms with E-state index in [-0.39, 0.29) is 11.5 Å². The SMILES string of the molecule is Oc1ccc(CNCC2CSCCS2)cc1O. The van der Waals surface area contributed by atoms with Crippen molar-refractivity contribution in [3.8, 4) is 11.5 Å². The Balaban J connectivity index is 1.75. The van der Waals surface area contributed by atoms with Gasteiger partial charge in [-0.15, -0.1) is 0 Å². The molecule has 1 aliphatic heterocycles. The van der Waals surface area contributed by atoms with Crippen LogP contribution in [0.4, 0.5) is 0 Å². The molecule has 0 aliphatic carbocycles. The van der Waals surface area contributed by atoms with Crippen LogP contribution < -0.4 is 5.32 Å². The van der Waals surface area contributed by atoms with Gasteiger partial charge in [0.05, 0.1) is 0 Å². The van der Waals surface area contributed by atoms with E-state index in [9.17, 15) is 10.2 Å². The Morgan fingerprint density at radius 2 is 2.12 bits per heavy atom. The molecule has 0 spiro atoms. The molecule has 1 aliphatic rings. The van der Waals surface area contributed by atoms with Crippen LogP contribution in [-0.2, 0) is 6.54 Å². The molecule has 1 unspecified atom stereocenters. The Kier molecular flexibility index (Phi) is 4.88. The summed E-state index contributed by atoms with van der Waals surface area (Å²) < 4.78 is 0. The summed E-state index contributed by atoms with van der Waals surface area (Å²) in [5, 5.41) is 22.6. The van der Waals surface area contributed by atoms with Crippen LogP contribution in [0.15, 0.2) is 18.2 Å². The number of hydrogen-bond acceptors (Lipinski definition) is 5. The van der Waals surface area contributed by atoms with Crippen molar-refractivity contribution in [2.75, 3.05) is 23.8 Å². The summed E-state index contributed by atoms with van der Waals surface area (Å²) in [6.07, 6.45) is 0. The second-order valence-corrected chi connectivity index (χ2v) is 6.58. The van der Waals surface area contributed by atoms with Crippen LogP contribution in [0.2, 0.25) is 0 Å². The monoisotopic (exact) mass is 271 g/mol. The molecule has 0 saturated carbocycles. The van der Waals surface area contributed by atoms with Crippen LogP contribution in [0, 0.1) is 0 Å². The van der Waals surface area contributed by atoms with Crippen molar-refractivity contribution in [3.63, 3.8) is 0 Å². The van der Waals surface area contributed by atoms with Crippen molar-refractivity contribution in [1.82, 2.24) is 5.32 Å². The van der Waals surface area contributed by atoms with E-state index in [0.29, 0.717) is 5.25 Å². The van der Waals surface area contributed by atoms with Crippen molar-refractivity contribution < 1.29 is 10.2 Å². The topological polar surface area (TPSA) is 52.5 Å². The molecule has 2 rings (SSSR count). The van der Waals surface area contributed by atoms with Gasteiger partial charge in [-0.2, -0.15) is 23.5 Å². The van der Waals surface area contributed by atoms with Gasteiger partial charge in [-0.3, -0.25) is 0 Å². The van der Waals surface area contributed by atoms with Crippen LogP contribution in [0.5, 0.6) is 11.5 Å². The highest BCUT2D eigenvalue weighted by atomic mass is 32.2. The van der Waals surface area contributed by atoms with Gasteiger partial charge in [0.2, 0.25) is 0 Å². The molecule has 1 heterocycles. The summed E-state index contributed by atoms with van der Waals surface area (Å²) in [5.74, 6) is 3.63. The second kappa shape index (κ2) is 6.42. The van der Waals surface area contributed by atoms with Crippen LogP contribution >= 0.6 is 23.5 Å². The normalized spacial score (nSPS) is 20.4. The van der Waals surface area contributed by atoms with E-state index in [0.717, 1.165) is 18.7 Å². The maximum atomic E-state index is 9.36. The molecule has 5 heteroatoms. The minimum absolute atomic E-state index is 0.0492. The van der Waals surface area contributed by atoms with Crippen molar-refractivity contribution in [1.29, 1.82) is 0 Å². The molecule has 0 bridgehead atoms. The minimum atomic E-state index is -0.0620. The number of nitrogens with one attached hydrogen (secondary N) is 1. The largest absolute Gasteiger partial charge is 0.504 e. The van der Waals surface area contributed by atoms with Crippen molar-refractivity contribution in [2.24, 2.45) is 0 Å². The maximum absolute atomic E-state index is 9.36. The molecule has 94 valence electrons. The first kappa shape index (κ1) is 12.9. The molecule has 3 N–H and O–H groups in total. The smallest absolute Gasteiger partial charge is 0.157 e. The fraction of sp³-hybridized carbons (Fsp3) is 0.500. The lowest BCUT2D eigenvalue weighted by molar-refractivity contribution is 0.403. The van der Waals surface area contributed by atoms with Crippen LogP contribution in [0.1, 0.15) is 5.56 Å². The van der Waals surface area contributed by atoms with Gasteiger partial charge >= 0.3 is 0 Å². The predicted octanol–water partition coefficient (Wildman–Crippen LogP) is 2.04. The highest BCUT2D eigenvalue weighted by Gasteiger charge is 2.13. The molecular weight excluding hydrogens is 254 g/mol. The van der Waals surface area contributed by atoms with E-state index in [1.54, 1.807) is 6.07 Å². The van der Waals surface area contributed by atoms with Gasteiger partial charge in [-0.1, -0.05) is 6.07 Å². The highest BCUT2D eigenvalue weighted by Crippen LogP contribution is 2.25. The summed E-state index contributed by atoms with van der Waals surface area (Å²) >= 11 is 4.05. The minimum Gasteiger partial charge on any atom is -0.504 e. The first-order valence-corrected chi connectivity index (χ1v) is 7.87. The second-order valence-electron chi connectivity index (χ2n) is 4.02. The lowest BCUT2D eigenvalue weighted by Crippen LogP contribution is -2.28. The number of aromatic hydroxyl groups is 2. The lowest BCUT2D eigenvalue weighted by Gasteiger charge is -2.21. The number of hydrogen-bond donors (Lipinski definition) is 3. The average molecular weight is 271 g/mol. The summed E-state index contributed by atoms with van der Waals surface area (Å²) in [6.45, 7) is 1.73. The molecule has 1 aromatic rings. The Bertz CT molecular complexity index is 368. The number of benzene rings is 1. The third-order valence-corrected chi connectivity index (χ3v) is 5.47. The quantitative estimate of drug-likeness (QED) is 0.732. The maximum Gasteiger partial charge on any atom is 0.157 e. The van der Waals surface area contributed by atoms with E-state index in [1.165, 1.54) is 23.3 Å². The first-order chi connectivity index (χ1) is 8.25. The Hall–Kier alpha value is -0.520. The summed E-state index contributed by atoms with van der Waals surface area (Å²) in [7, 11) is 0. The van der Waals surface area contributed by atoms with Gasteiger partial charge in [-0.25, -0.2) is 0 Å². The molecule has 1 saturated heterocycles. The fourth-order valence-electron chi connectivity index (χ4n) is 1.71. The molecule has 3 nitrogen and oxygen atoms in total. The van der Waals surface area contributed by atoms with Crippen LogP contribution in [0.3, 0.4) is 0 Å². The Morgan fingerprint density at radius 1 is 1.24 bits per heavy atom. The molecular formula is C12H17NO2S2. The number of rotatable bonds is 4. The molecule has 1 aromatic carbocycles. The third kappa shape index (κ3) is 4.01. The first-order valence-electron chi connectivity index (χ1n) is 5.66. The van der Waals surface area contributed by atoms with E-state index in [4.69, 9.17) is 0 Å². The zero-order chi connectivity index (χ0) is 12.1. The highest BCUT2D eigenvalue weighted by molar-refractivity contribution is 8.06. The van der Waals surface area contributed by atoms with Gasteiger partial charge in [0.1, 0.15) is 0 Å². The van der Waals surface area contributed by atoms with Crippen molar-refractivity contribution >= 4 is 23.5 Å². The summed E-state index contributed by atoms with van der Waals surface area (Å²) in [5.41, 5.74) is 0.994. The predicted molar refractivity (Wildman–Crippen MR) is 75.0 cm³/mol. The third-order valence-electron chi connectivity index (χ3n) is 2.63. The van der Waals surface area contributed by atoms with E-state index >= 15 is 0 Å². The van der Waals surface area contributed by atoms with E-state index < -0.39 is 0 Å². The Labute approximate surface area is 110 Å². The molecule has 0 amide bonds. The van der Waals surface area contributed by atoms with Gasteiger partial charge in [0.25, 0.3) is 0 Å². The molecule has 17 heavy (non-hydrogen) atoms. The fourth-order valence-corrected chi connectivity index (χ4v) is 4.36. The van der Waals surface area contributed by atoms with E-state index in [1.807, 2.05) is 29.6 Å². The van der Waals surface area contributed by atoms with Crippen LogP contribution in [0.25, 0.3) is 0 Å². The zero-order valence-corrected chi connectivity index (χ0v) is 11.2. The number of phenolic OH excluding ortho intramolecular Hbond substituents is 2. The zero-order valence-electron chi connectivity index (χ0n) is 9.56. The standard InChI is InChI=1S/C12H17NO2S2/c14-11-2-1-9(5-12(11)15)6-13-7-10-8-16-3-4-17-10/h1-2,5,10,13-15H,3-4,6-8H2. The van der Waals surface area contributed by atoms with Gasteiger partial charge in [-0.05, 0) is 17.7 Å². The summed E-state index contributed by atoms with van der Waals surface area (Å²) in [6, 6.07) is 4.95. The van der Waals surface area contributed by atoms with Gasteiger partial charge < -0.3 is 15.5 Å². The molecule has 0 aromatic heterocycles. The summed E-state index contributed by atoms with van der Waals surface area (Å²) in [4.78, 5) is 0. The molecule has 1 fully saturated rings. The lowest BCUT2D eigenvalue weighted by atomic mass is 10.2. The number of phenols is 2. The number of thioether (sulfide) groups is 2. The average Bonchev–Trinajstić information content (AvgIpc) is 2.35. The van der Waals surface area contributed by atoms with Crippen molar-refractivity contribution in [3.05, 3.63) is 23.8 Å². The van der Waals surface area contributed by atoms with Crippen molar-refractivity contribution in [2.45, 2.75) is 11.8 Å². The van der Waals surface area contributed by atoms with E-state index in [2.05, 4.69) is 5.32 Å². The van der Waals surface area contributed by atoms with Gasteiger partial charge in [0, 0.05) is 35.6 Å².